The molecule has 3 rings (SSSR count). The van der Waals surface area contributed by atoms with Crippen molar-refractivity contribution in [2.45, 2.75) is 63.2 Å². The third-order valence-electron chi connectivity index (χ3n) is 5.03. The van der Waals surface area contributed by atoms with Gasteiger partial charge in [0.2, 0.25) is 5.85 Å². The highest BCUT2D eigenvalue weighted by Crippen LogP contribution is 2.52. The van der Waals surface area contributed by atoms with Gasteiger partial charge in [0.05, 0.1) is 11.0 Å². The molecule has 1 saturated heterocycles. The molecule has 0 radical (unpaired) electrons. The Morgan fingerprint density at radius 3 is 2.58 bits per heavy atom. The molecule has 1 fully saturated rings. The van der Waals surface area contributed by atoms with Gasteiger partial charge in [-0.05, 0) is 39.8 Å². The molecule has 0 bridgehead atoms. The number of nitrogens with one attached hydrogen (secondary N) is 2. The van der Waals surface area contributed by atoms with E-state index in [4.69, 9.17) is 30.1 Å². The van der Waals surface area contributed by atoms with Crippen LogP contribution < -0.4 is 20.9 Å². The standard InChI is InChI=1S/C22H28ClFN3O8P/c1-14(2)33-18(29)15(3)26-36(31,35-16-8-6-5-7-9-16)32-13-22(24)12-21(4,23)19(34-22)27-11-10-17(28)25-20(27)30/h5-11,14-15,19H,12-13H2,1-4H3,(H,26,31)(H,25,28,30)/t15-,19+,21+,22-,36?/m0/s1. The molecule has 1 aliphatic rings. The predicted octanol–water partition coefficient (Wildman–Crippen LogP) is 3.25. The van der Waals surface area contributed by atoms with Crippen LogP contribution >= 0.6 is 19.3 Å². The van der Waals surface area contributed by atoms with E-state index in [2.05, 4.69) is 10.1 Å². The lowest BCUT2D eigenvalue weighted by atomic mass is 10.0. The maximum absolute atomic E-state index is 15.8. The second-order valence-electron chi connectivity index (χ2n) is 8.84. The number of benzene rings is 1. The number of esters is 1. The molecule has 0 aliphatic carbocycles. The van der Waals surface area contributed by atoms with Gasteiger partial charge in [-0.2, -0.15) is 5.09 Å². The summed E-state index contributed by atoms with van der Waals surface area (Å²) in [4.78, 5) is 36.5. The van der Waals surface area contributed by atoms with Crippen molar-refractivity contribution in [2.24, 2.45) is 0 Å². The van der Waals surface area contributed by atoms with Crippen LogP contribution in [0.2, 0.25) is 0 Å². The van der Waals surface area contributed by atoms with Crippen LogP contribution in [-0.2, 0) is 23.4 Å². The number of carbonyl (C=O) groups excluding carboxylic acids is 1. The van der Waals surface area contributed by atoms with Gasteiger partial charge in [0.15, 0.2) is 6.23 Å². The largest absolute Gasteiger partial charge is 0.462 e. The molecular formula is C22H28ClFN3O8P. The van der Waals surface area contributed by atoms with Gasteiger partial charge < -0.3 is 14.0 Å². The van der Waals surface area contributed by atoms with E-state index in [1.54, 1.807) is 32.0 Å². The quantitative estimate of drug-likeness (QED) is 0.261. The smallest absolute Gasteiger partial charge is 0.459 e. The van der Waals surface area contributed by atoms with Gasteiger partial charge >= 0.3 is 19.4 Å². The fourth-order valence-corrected chi connectivity index (χ4v) is 5.40. The lowest BCUT2D eigenvalue weighted by Gasteiger charge is -2.26. The summed E-state index contributed by atoms with van der Waals surface area (Å²) in [5.41, 5.74) is -1.49. The monoisotopic (exact) mass is 547 g/mol. The molecule has 198 valence electrons. The number of halogens is 2. The second-order valence-corrected chi connectivity index (χ2v) is 11.4. The summed E-state index contributed by atoms with van der Waals surface area (Å²) in [5.74, 6) is -3.18. The van der Waals surface area contributed by atoms with Crippen LogP contribution in [0.3, 0.4) is 0 Å². The number of aromatic nitrogens is 2. The lowest BCUT2D eigenvalue weighted by molar-refractivity contribution is -0.174. The number of hydrogen-bond acceptors (Lipinski definition) is 8. The molecule has 0 saturated carbocycles. The van der Waals surface area contributed by atoms with E-state index in [1.165, 1.54) is 26.0 Å². The van der Waals surface area contributed by atoms with Crippen molar-refractivity contribution in [1.82, 2.24) is 14.6 Å². The molecule has 36 heavy (non-hydrogen) atoms. The summed E-state index contributed by atoms with van der Waals surface area (Å²) in [5, 5.41) is 2.45. The van der Waals surface area contributed by atoms with Crippen molar-refractivity contribution >= 4 is 25.3 Å². The van der Waals surface area contributed by atoms with Crippen LogP contribution in [0, 0.1) is 0 Å². The molecule has 11 nitrogen and oxygen atoms in total. The van der Waals surface area contributed by atoms with Crippen molar-refractivity contribution < 1.29 is 32.3 Å². The first-order valence-electron chi connectivity index (χ1n) is 11.1. The number of aromatic amines is 1. The van der Waals surface area contributed by atoms with Gasteiger partial charge in [-0.3, -0.25) is 23.7 Å². The van der Waals surface area contributed by atoms with E-state index in [0.717, 1.165) is 16.8 Å². The van der Waals surface area contributed by atoms with Crippen LogP contribution in [0.1, 0.15) is 40.3 Å². The lowest BCUT2D eigenvalue weighted by Crippen LogP contribution is -2.38. The topological polar surface area (TPSA) is 138 Å². The highest BCUT2D eigenvalue weighted by molar-refractivity contribution is 7.52. The Kier molecular flexibility index (Phi) is 8.47. The van der Waals surface area contributed by atoms with Gasteiger partial charge in [-0.25, -0.2) is 13.8 Å². The normalized spacial score (nSPS) is 26.4. The molecule has 2 aromatic rings. The zero-order valence-corrected chi connectivity index (χ0v) is 21.8. The summed E-state index contributed by atoms with van der Waals surface area (Å²) in [6, 6.07) is 7.89. The molecule has 1 aromatic heterocycles. The zero-order valence-electron chi connectivity index (χ0n) is 20.1. The predicted molar refractivity (Wildman–Crippen MR) is 129 cm³/mol. The Hall–Kier alpha value is -2.50. The van der Waals surface area contributed by atoms with Gasteiger partial charge in [0, 0.05) is 18.7 Å². The zero-order chi connectivity index (χ0) is 26.7. The van der Waals surface area contributed by atoms with Gasteiger partial charge in [0.25, 0.3) is 5.56 Å². The Morgan fingerprint density at radius 2 is 1.97 bits per heavy atom. The summed E-state index contributed by atoms with van der Waals surface area (Å²) >= 11 is 6.47. The van der Waals surface area contributed by atoms with Gasteiger partial charge in [-0.15, -0.1) is 11.6 Å². The number of para-hydroxylation sites is 1. The molecule has 1 unspecified atom stereocenters. The van der Waals surface area contributed by atoms with Crippen LogP contribution in [0.25, 0.3) is 0 Å². The molecular weight excluding hydrogens is 520 g/mol. The maximum Gasteiger partial charge on any atom is 0.459 e. The molecule has 0 amide bonds. The Labute approximate surface area is 211 Å². The Bertz CT molecular complexity index is 1240. The number of hydrogen-bond donors (Lipinski definition) is 2. The average molecular weight is 548 g/mol. The molecule has 1 aromatic carbocycles. The molecule has 2 heterocycles. The minimum Gasteiger partial charge on any atom is -0.462 e. The summed E-state index contributed by atoms with van der Waals surface area (Å²) < 4.78 is 51.7. The van der Waals surface area contributed by atoms with Crippen molar-refractivity contribution in [2.75, 3.05) is 6.61 Å². The van der Waals surface area contributed by atoms with Crippen molar-refractivity contribution in [3.05, 3.63) is 63.4 Å². The van der Waals surface area contributed by atoms with Gasteiger partial charge in [0.1, 0.15) is 18.4 Å². The molecule has 5 atom stereocenters. The van der Waals surface area contributed by atoms with E-state index in [0.29, 0.717) is 0 Å². The minimum atomic E-state index is -4.37. The third kappa shape index (κ3) is 7.04. The fourth-order valence-electron chi connectivity index (χ4n) is 3.53. The number of carbonyl (C=O) groups is 1. The first-order chi connectivity index (χ1) is 16.7. The number of alkyl halides is 2. The molecule has 2 N–H and O–H groups in total. The summed E-state index contributed by atoms with van der Waals surface area (Å²) in [6.07, 6.45) is -1.08. The summed E-state index contributed by atoms with van der Waals surface area (Å²) in [7, 11) is -4.37. The van der Waals surface area contributed by atoms with E-state index in [1.807, 2.05) is 0 Å². The SMILES string of the molecule is CC(C)OC(=O)[C@H](C)NP(=O)(OC[C@]1(F)C[C@@](C)(Cl)[C@H](n2ccc(=O)[nH]c2=O)O1)Oc1ccccc1. The summed E-state index contributed by atoms with van der Waals surface area (Å²) in [6.45, 7) is 5.21. The van der Waals surface area contributed by atoms with Crippen LogP contribution in [-0.4, -0.2) is 45.0 Å². The first kappa shape index (κ1) is 28.1. The van der Waals surface area contributed by atoms with Crippen LogP contribution in [0.4, 0.5) is 4.39 Å². The fraction of sp³-hybridized carbons (Fsp3) is 0.500. The maximum atomic E-state index is 15.8. The molecule has 0 spiro atoms. The minimum absolute atomic E-state index is 0.137. The van der Waals surface area contributed by atoms with Gasteiger partial charge in [-0.1, -0.05) is 18.2 Å². The van der Waals surface area contributed by atoms with Crippen molar-refractivity contribution in [3.63, 3.8) is 0 Å². The second kappa shape index (κ2) is 10.9. The van der Waals surface area contributed by atoms with Crippen LogP contribution in [0.15, 0.2) is 52.2 Å². The molecule has 14 heteroatoms. The van der Waals surface area contributed by atoms with Crippen molar-refractivity contribution in [1.29, 1.82) is 0 Å². The van der Waals surface area contributed by atoms with E-state index >= 15 is 4.39 Å². The Balaban J connectivity index is 1.81. The number of nitrogens with zero attached hydrogens (tertiary/aromatic N) is 1. The van der Waals surface area contributed by atoms with E-state index in [9.17, 15) is 18.9 Å². The van der Waals surface area contributed by atoms with E-state index in [-0.39, 0.29) is 5.75 Å². The number of H-pyrrole nitrogens is 1. The van der Waals surface area contributed by atoms with E-state index < -0.39 is 67.1 Å². The average Bonchev–Trinajstić information content (AvgIpc) is 3.01. The third-order valence-corrected chi connectivity index (χ3v) is 6.97. The Morgan fingerprint density at radius 1 is 1.31 bits per heavy atom. The number of rotatable bonds is 10. The highest BCUT2D eigenvalue weighted by Gasteiger charge is 2.56. The first-order valence-corrected chi connectivity index (χ1v) is 13.0. The number of ether oxygens (including phenoxy) is 2. The highest BCUT2D eigenvalue weighted by atomic mass is 35.5. The molecule has 1 aliphatic heterocycles. The van der Waals surface area contributed by atoms with Crippen LogP contribution in [0.5, 0.6) is 5.75 Å². The van der Waals surface area contributed by atoms with Crippen molar-refractivity contribution in [3.8, 4) is 5.75 Å².